The molecule has 7 heteroatoms. The Morgan fingerprint density at radius 2 is 2.26 bits per heavy atom. The zero-order chi connectivity index (χ0) is 13.2. The molecule has 0 aliphatic rings. The maximum absolute atomic E-state index is 13.5. The van der Waals surface area contributed by atoms with Gasteiger partial charge < -0.3 is 5.73 Å². The number of thioether (sulfide) groups is 1. The summed E-state index contributed by atoms with van der Waals surface area (Å²) in [6.07, 6.45) is 1.69. The van der Waals surface area contributed by atoms with Crippen molar-refractivity contribution >= 4 is 28.6 Å². The van der Waals surface area contributed by atoms with Gasteiger partial charge in [-0.3, -0.25) is 4.98 Å². The third-order valence-electron chi connectivity index (χ3n) is 2.59. The van der Waals surface area contributed by atoms with Crippen LogP contribution in [-0.4, -0.2) is 20.2 Å². The number of benzene rings is 1. The van der Waals surface area contributed by atoms with Crippen molar-refractivity contribution < 1.29 is 4.39 Å². The summed E-state index contributed by atoms with van der Waals surface area (Å²) in [6.45, 7) is 0. The lowest BCUT2D eigenvalue weighted by Gasteiger charge is -2.04. The molecule has 3 aromatic rings. The van der Waals surface area contributed by atoms with Crippen molar-refractivity contribution in [3.05, 3.63) is 41.8 Å². The van der Waals surface area contributed by atoms with E-state index in [1.165, 1.54) is 23.9 Å². The second-order valence-corrected chi connectivity index (χ2v) is 4.87. The number of halogens is 1. The van der Waals surface area contributed by atoms with Gasteiger partial charge in [-0.05, 0) is 23.8 Å². The summed E-state index contributed by atoms with van der Waals surface area (Å²) < 4.78 is 13.5. The minimum absolute atomic E-state index is 0.268. The second kappa shape index (κ2) is 4.85. The van der Waals surface area contributed by atoms with Crippen LogP contribution in [0.25, 0.3) is 10.9 Å². The standard InChI is InChI=1S/C12H10FN5S/c13-9-4-7-2-1-3-15-10(7)8(5-9)6-19-12-16-11(14)17-18-12/h1-5H,6H2,(H3,14,16,17,18). The highest BCUT2D eigenvalue weighted by atomic mass is 32.2. The second-order valence-electron chi connectivity index (χ2n) is 3.93. The van der Waals surface area contributed by atoms with Crippen LogP contribution in [0.5, 0.6) is 0 Å². The average molecular weight is 275 g/mol. The normalized spacial score (nSPS) is 11.0. The molecule has 19 heavy (non-hydrogen) atoms. The van der Waals surface area contributed by atoms with Gasteiger partial charge in [0.15, 0.2) is 0 Å². The van der Waals surface area contributed by atoms with E-state index >= 15 is 0 Å². The Bertz CT molecular complexity index is 727. The SMILES string of the molecule is Nc1nc(SCc2cc(F)cc3cccnc23)n[nH]1. The van der Waals surface area contributed by atoms with Crippen LogP contribution in [0.15, 0.2) is 35.6 Å². The molecule has 0 unspecified atom stereocenters. The van der Waals surface area contributed by atoms with E-state index in [1.807, 2.05) is 6.07 Å². The quantitative estimate of drug-likeness (QED) is 0.717. The van der Waals surface area contributed by atoms with Gasteiger partial charge in [-0.15, -0.1) is 5.10 Å². The van der Waals surface area contributed by atoms with E-state index < -0.39 is 0 Å². The van der Waals surface area contributed by atoms with Gasteiger partial charge in [0, 0.05) is 17.3 Å². The molecule has 3 N–H and O–H groups in total. The number of anilines is 1. The van der Waals surface area contributed by atoms with Crippen LogP contribution in [0.4, 0.5) is 10.3 Å². The Kier molecular flexibility index (Phi) is 3.04. The van der Waals surface area contributed by atoms with Crippen molar-refractivity contribution in [3.63, 3.8) is 0 Å². The topological polar surface area (TPSA) is 80.5 Å². The average Bonchev–Trinajstić information content (AvgIpc) is 2.81. The molecule has 0 fully saturated rings. The first kappa shape index (κ1) is 11.9. The van der Waals surface area contributed by atoms with Gasteiger partial charge in [-0.1, -0.05) is 17.8 Å². The Balaban J connectivity index is 1.91. The number of aromatic nitrogens is 4. The van der Waals surface area contributed by atoms with E-state index in [1.54, 1.807) is 12.3 Å². The van der Waals surface area contributed by atoms with E-state index in [0.29, 0.717) is 10.9 Å². The molecule has 0 spiro atoms. The minimum atomic E-state index is -0.273. The molecule has 2 aromatic heterocycles. The molecule has 3 rings (SSSR count). The van der Waals surface area contributed by atoms with E-state index in [4.69, 9.17) is 5.73 Å². The van der Waals surface area contributed by atoms with E-state index in [2.05, 4.69) is 20.2 Å². The third-order valence-corrected chi connectivity index (χ3v) is 3.48. The number of hydrogen-bond acceptors (Lipinski definition) is 5. The molecule has 0 atom stereocenters. The van der Waals surface area contributed by atoms with Crippen molar-refractivity contribution in [1.82, 2.24) is 20.2 Å². The molecule has 0 radical (unpaired) electrons. The molecule has 0 amide bonds. The van der Waals surface area contributed by atoms with Gasteiger partial charge in [-0.25, -0.2) is 9.49 Å². The van der Waals surface area contributed by atoms with Gasteiger partial charge in [0.2, 0.25) is 11.1 Å². The number of nitrogens with zero attached hydrogens (tertiary/aromatic N) is 3. The minimum Gasteiger partial charge on any atom is -0.368 e. The lowest BCUT2D eigenvalue weighted by Crippen LogP contribution is -1.90. The summed E-state index contributed by atoms with van der Waals surface area (Å²) in [5.74, 6) is 0.526. The number of H-pyrrole nitrogens is 1. The van der Waals surface area contributed by atoms with Gasteiger partial charge >= 0.3 is 0 Å². The predicted molar refractivity (Wildman–Crippen MR) is 72.1 cm³/mol. The van der Waals surface area contributed by atoms with Crippen LogP contribution < -0.4 is 5.73 Å². The molecule has 2 heterocycles. The fourth-order valence-electron chi connectivity index (χ4n) is 1.80. The number of rotatable bonds is 3. The van der Waals surface area contributed by atoms with Gasteiger partial charge in [0.1, 0.15) is 5.82 Å². The summed E-state index contributed by atoms with van der Waals surface area (Å²) >= 11 is 1.38. The van der Waals surface area contributed by atoms with E-state index in [9.17, 15) is 4.39 Å². The lowest BCUT2D eigenvalue weighted by atomic mass is 10.1. The first-order chi connectivity index (χ1) is 9.22. The van der Waals surface area contributed by atoms with Gasteiger partial charge in [0.25, 0.3) is 0 Å². The Hall–Kier alpha value is -2.15. The summed E-state index contributed by atoms with van der Waals surface area (Å²) in [4.78, 5) is 8.27. The summed E-state index contributed by atoms with van der Waals surface area (Å²) in [5, 5.41) is 7.80. The fraction of sp³-hybridized carbons (Fsp3) is 0.0833. The summed E-state index contributed by atoms with van der Waals surface area (Å²) in [5.41, 5.74) is 7.05. The number of aromatic amines is 1. The van der Waals surface area contributed by atoms with Gasteiger partial charge in [-0.2, -0.15) is 4.98 Å². The highest BCUT2D eigenvalue weighted by Crippen LogP contribution is 2.25. The number of nitrogen functional groups attached to an aromatic ring is 1. The molecule has 0 bridgehead atoms. The zero-order valence-electron chi connectivity index (χ0n) is 9.80. The molecule has 1 aromatic carbocycles. The van der Waals surface area contributed by atoms with Crippen LogP contribution in [0, 0.1) is 5.82 Å². The van der Waals surface area contributed by atoms with Crippen molar-refractivity contribution in [2.45, 2.75) is 10.9 Å². The molecule has 0 aliphatic carbocycles. The van der Waals surface area contributed by atoms with Crippen LogP contribution >= 0.6 is 11.8 Å². The lowest BCUT2D eigenvalue weighted by molar-refractivity contribution is 0.628. The molecule has 0 saturated heterocycles. The van der Waals surface area contributed by atoms with Crippen molar-refractivity contribution in [1.29, 1.82) is 0 Å². The van der Waals surface area contributed by atoms with E-state index in [-0.39, 0.29) is 11.8 Å². The van der Waals surface area contributed by atoms with Crippen molar-refractivity contribution in [2.24, 2.45) is 0 Å². The summed E-state index contributed by atoms with van der Waals surface area (Å²) in [6, 6.07) is 6.58. The number of nitrogens with one attached hydrogen (secondary N) is 1. The Morgan fingerprint density at radius 1 is 1.37 bits per heavy atom. The molecule has 96 valence electrons. The highest BCUT2D eigenvalue weighted by molar-refractivity contribution is 7.98. The van der Waals surface area contributed by atoms with E-state index in [0.717, 1.165) is 16.5 Å². The molecule has 0 saturated carbocycles. The smallest absolute Gasteiger partial charge is 0.216 e. The Labute approximate surface area is 112 Å². The maximum atomic E-state index is 13.5. The summed E-state index contributed by atoms with van der Waals surface area (Å²) in [7, 11) is 0. The van der Waals surface area contributed by atoms with Crippen molar-refractivity contribution in [2.75, 3.05) is 5.73 Å². The molecular weight excluding hydrogens is 265 g/mol. The fourth-order valence-corrected chi connectivity index (χ4v) is 2.58. The monoisotopic (exact) mass is 275 g/mol. The maximum Gasteiger partial charge on any atom is 0.216 e. The Morgan fingerprint density at radius 3 is 3.05 bits per heavy atom. The number of pyridine rings is 1. The largest absolute Gasteiger partial charge is 0.368 e. The number of hydrogen-bond donors (Lipinski definition) is 2. The predicted octanol–water partition coefficient (Wildman–Crippen LogP) is 2.37. The van der Waals surface area contributed by atoms with Crippen LogP contribution in [0.3, 0.4) is 0 Å². The molecular formula is C12H10FN5S. The van der Waals surface area contributed by atoms with Gasteiger partial charge in [0.05, 0.1) is 5.52 Å². The highest BCUT2D eigenvalue weighted by Gasteiger charge is 2.08. The number of nitrogens with two attached hydrogens (primary N) is 1. The molecule has 0 aliphatic heterocycles. The third kappa shape index (κ3) is 2.50. The van der Waals surface area contributed by atoms with Crippen molar-refractivity contribution in [3.8, 4) is 0 Å². The molecule has 5 nitrogen and oxygen atoms in total. The number of fused-ring (bicyclic) bond motifs is 1. The van der Waals surface area contributed by atoms with Crippen LogP contribution in [-0.2, 0) is 5.75 Å². The van der Waals surface area contributed by atoms with Crippen LogP contribution in [0.1, 0.15) is 5.56 Å². The first-order valence-electron chi connectivity index (χ1n) is 5.56. The zero-order valence-corrected chi connectivity index (χ0v) is 10.6. The first-order valence-corrected chi connectivity index (χ1v) is 6.55. The van der Waals surface area contributed by atoms with Crippen LogP contribution in [0.2, 0.25) is 0 Å².